The molecule has 0 saturated heterocycles. The van der Waals surface area contributed by atoms with Gasteiger partial charge in [-0.15, -0.1) is 0 Å². The highest BCUT2D eigenvalue weighted by Gasteiger charge is 2.05. The molecule has 0 saturated carbocycles. The van der Waals surface area contributed by atoms with Crippen LogP contribution in [0.2, 0.25) is 5.02 Å². The number of hydrogen-bond acceptors (Lipinski definition) is 5. The summed E-state index contributed by atoms with van der Waals surface area (Å²) in [6.45, 7) is 3.92. The molecule has 3 aromatic rings. The molecule has 0 aliphatic rings. The van der Waals surface area contributed by atoms with Gasteiger partial charge < -0.3 is 16.0 Å². The van der Waals surface area contributed by atoms with E-state index in [0.29, 0.717) is 23.3 Å². The van der Waals surface area contributed by atoms with Gasteiger partial charge in [0.25, 0.3) is 0 Å². The number of nitrogens with zero attached hydrogens (tertiary/aromatic N) is 2. The standard InChI is InChI=1S/C20H20ClN5O/c1-13-11-19(25-17-9-7-16(8-10-17)24-14(2)27)26-20(23-13)22-12-15-5-3-4-6-18(15)21/h3-11H,12H2,1-2H3,(H,24,27)(H2,22,23,25,26). The first-order valence-corrected chi connectivity index (χ1v) is 8.85. The van der Waals surface area contributed by atoms with E-state index in [9.17, 15) is 4.79 Å². The van der Waals surface area contributed by atoms with Gasteiger partial charge in [0.05, 0.1) is 0 Å². The molecule has 0 bridgehead atoms. The molecule has 1 heterocycles. The van der Waals surface area contributed by atoms with Gasteiger partial charge in [-0.3, -0.25) is 4.79 Å². The van der Waals surface area contributed by atoms with Crippen LogP contribution in [0.15, 0.2) is 54.6 Å². The Bertz CT molecular complexity index is 943. The van der Waals surface area contributed by atoms with Crippen molar-refractivity contribution in [3.8, 4) is 0 Å². The van der Waals surface area contributed by atoms with E-state index < -0.39 is 0 Å². The quantitative estimate of drug-likeness (QED) is 0.574. The largest absolute Gasteiger partial charge is 0.350 e. The minimum absolute atomic E-state index is 0.101. The topological polar surface area (TPSA) is 78.9 Å². The van der Waals surface area contributed by atoms with Crippen LogP contribution in [-0.4, -0.2) is 15.9 Å². The highest BCUT2D eigenvalue weighted by molar-refractivity contribution is 6.31. The SMILES string of the molecule is CC(=O)Nc1ccc(Nc2cc(C)nc(NCc3ccccc3Cl)n2)cc1. The minimum atomic E-state index is -0.101. The number of benzene rings is 2. The number of carbonyl (C=O) groups is 1. The average molecular weight is 382 g/mol. The first-order valence-electron chi connectivity index (χ1n) is 8.47. The summed E-state index contributed by atoms with van der Waals surface area (Å²) in [5, 5.41) is 9.89. The number of carbonyl (C=O) groups excluding carboxylic acids is 1. The van der Waals surface area contributed by atoms with Crippen LogP contribution < -0.4 is 16.0 Å². The Morgan fingerprint density at radius 1 is 1.04 bits per heavy atom. The van der Waals surface area contributed by atoms with Gasteiger partial charge in [-0.05, 0) is 42.8 Å². The third-order valence-electron chi connectivity index (χ3n) is 3.73. The molecule has 138 valence electrons. The maximum absolute atomic E-state index is 11.1. The van der Waals surface area contributed by atoms with Crippen molar-refractivity contribution in [3.05, 3.63) is 70.9 Å². The van der Waals surface area contributed by atoms with Gasteiger partial charge >= 0.3 is 0 Å². The molecule has 1 amide bonds. The molecular formula is C20H20ClN5O. The molecular weight excluding hydrogens is 362 g/mol. The lowest BCUT2D eigenvalue weighted by atomic mass is 10.2. The van der Waals surface area contributed by atoms with Crippen molar-refractivity contribution in [2.24, 2.45) is 0 Å². The van der Waals surface area contributed by atoms with E-state index >= 15 is 0 Å². The van der Waals surface area contributed by atoms with Crippen molar-refractivity contribution in [1.29, 1.82) is 0 Å². The molecule has 1 aromatic heterocycles. The Morgan fingerprint density at radius 2 is 1.74 bits per heavy atom. The predicted octanol–water partition coefficient (Wildman–Crippen LogP) is 4.75. The molecule has 0 spiro atoms. The second kappa shape index (κ2) is 8.51. The van der Waals surface area contributed by atoms with Crippen molar-refractivity contribution in [1.82, 2.24) is 9.97 Å². The highest BCUT2D eigenvalue weighted by Crippen LogP contribution is 2.20. The predicted molar refractivity (Wildman–Crippen MR) is 110 cm³/mol. The van der Waals surface area contributed by atoms with E-state index in [4.69, 9.17) is 11.6 Å². The van der Waals surface area contributed by atoms with E-state index in [1.54, 1.807) is 0 Å². The van der Waals surface area contributed by atoms with E-state index in [0.717, 1.165) is 22.6 Å². The van der Waals surface area contributed by atoms with Crippen LogP contribution in [0.5, 0.6) is 0 Å². The number of aromatic nitrogens is 2. The zero-order valence-corrected chi connectivity index (χ0v) is 15.8. The fourth-order valence-electron chi connectivity index (χ4n) is 2.52. The van der Waals surface area contributed by atoms with Crippen molar-refractivity contribution in [3.63, 3.8) is 0 Å². The average Bonchev–Trinajstić information content (AvgIpc) is 2.62. The second-order valence-electron chi connectivity index (χ2n) is 6.05. The Morgan fingerprint density at radius 3 is 2.44 bits per heavy atom. The summed E-state index contributed by atoms with van der Waals surface area (Å²) >= 11 is 6.19. The van der Waals surface area contributed by atoms with Crippen molar-refractivity contribution >= 4 is 40.6 Å². The first kappa shape index (κ1) is 18.7. The molecule has 0 aliphatic heterocycles. The van der Waals surface area contributed by atoms with Crippen molar-refractivity contribution < 1.29 is 4.79 Å². The molecule has 27 heavy (non-hydrogen) atoms. The minimum Gasteiger partial charge on any atom is -0.350 e. The molecule has 0 aliphatic carbocycles. The first-order chi connectivity index (χ1) is 13.0. The number of amides is 1. The number of halogens is 1. The number of anilines is 4. The van der Waals surface area contributed by atoms with Crippen molar-refractivity contribution in [2.75, 3.05) is 16.0 Å². The molecule has 0 unspecified atom stereocenters. The van der Waals surface area contributed by atoms with Crippen LogP contribution in [0.1, 0.15) is 18.2 Å². The molecule has 3 rings (SSSR count). The van der Waals surface area contributed by atoms with Crippen LogP contribution in [0.3, 0.4) is 0 Å². The van der Waals surface area contributed by atoms with Crippen LogP contribution in [0, 0.1) is 6.92 Å². The summed E-state index contributed by atoms with van der Waals surface area (Å²) in [5.74, 6) is 1.10. The highest BCUT2D eigenvalue weighted by atomic mass is 35.5. The van der Waals surface area contributed by atoms with Crippen molar-refractivity contribution in [2.45, 2.75) is 20.4 Å². The van der Waals surface area contributed by atoms with E-state index in [2.05, 4.69) is 25.9 Å². The van der Waals surface area contributed by atoms with Gasteiger partial charge in [-0.25, -0.2) is 4.98 Å². The zero-order valence-electron chi connectivity index (χ0n) is 15.1. The zero-order chi connectivity index (χ0) is 19.2. The Balaban J connectivity index is 1.69. The number of hydrogen-bond donors (Lipinski definition) is 3. The Kier molecular flexibility index (Phi) is 5.88. The lowest BCUT2D eigenvalue weighted by Gasteiger charge is -2.11. The third kappa shape index (κ3) is 5.43. The summed E-state index contributed by atoms with van der Waals surface area (Å²) in [6.07, 6.45) is 0. The van der Waals surface area contributed by atoms with E-state index in [1.165, 1.54) is 6.92 Å². The van der Waals surface area contributed by atoms with Gasteiger partial charge in [0.15, 0.2) is 0 Å². The van der Waals surface area contributed by atoms with E-state index in [-0.39, 0.29) is 5.91 Å². The Hall–Kier alpha value is -3.12. The fourth-order valence-corrected chi connectivity index (χ4v) is 2.72. The van der Waals surface area contributed by atoms with Crippen LogP contribution in [-0.2, 0) is 11.3 Å². The number of nitrogens with one attached hydrogen (secondary N) is 3. The monoisotopic (exact) mass is 381 g/mol. The maximum Gasteiger partial charge on any atom is 0.225 e. The van der Waals surface area contributed by atoms with Crippen LogP contribution in [0.4, 0.5) is 23.1 Å². The number of rotatable bonds is 6. The lowest BCUT2D eigenvalue weighted by molar-refractivity contribution is -0.114. The fraction of sp³-hybridized carbons (Fsp3) is 0.150. The van der Waals surface area contributed by atoms with Crippen LogP contribution in [0.25, 0.3) is 0 Å². The number of aryl methyl sites for hydroxylation is 1. The summed E-state index contributed by atoms with van der Waals surface area (Å²) < 4.78 is 0. The summed E-state index contributed by atoms with van der Waals surface area (Å²) in [7, 11) is 0. The smallest absolute Gasteiger partial charge is 0.225 e. The summed E-state index contributed by atoms with van der Waals surface area (Å²) in [4.78, 5) is 20.0. The lowest BCUT2D eigenvalue weighted by Crippen LogP contribution is -2.07. The molecule has 0 radical (unpaired) electrons. The van der Waals surface area contributed by atoms with Gasteiger partial charge in [-0.1, -0.05) is 29.8 Å². The van der Waals surface area contributed by atoms with Gasteiger partial charge in [0, 0.05) is 41.6 Å². The van der Waals surface area contributed by atoms with E-state index in [1.807, 2.05) is 61.5 Å². The van der Waals surface area contributed by atoms with Gasteiger partial charge in [-0.2, -0.15) is 4.98 Å². The molecule has 3 N–H and O–H groups in total. The third-order valence-corrected chi connectivity index (χ3v) is 4.10. The summed E-state index contributed by atoms with van der Waals surface area (Å²) in [6, 6.07) is 16.9. The summed E-state index contributed by atoms with van der Waals surface area (Å²) in [5.41, 5.74) is 3.42. The molecule has 7 heteroatoms. The van der Waals surface area contributed by atoms with Gasteiger partial charge in [0.1, 0.15) is 5.82 Å². The molecule has 0 fully saturated rings. The van der Waals surface area contributed by atoms with Crippen LogP contribution >= 0.6 is 11.6 Å². The van der Waals surface area contributed by atoms with Gasteiger partial charge in [0.2, 0.25) is 11.9 Å². The molecule has 0 atom stereocenters. The second-order valence-corrected chi connectivity index (χ2v) is 6.45. The molecule has 2 aromatic carbocycles. The Labute approximate surface area is 163 Å². The molecule has 6 nitrogen and oxygen atoms in total. The maximum atomic E-state index is 11.1. The normalized spacial score (nSPS) is 10.3.